The Balaban J connectivity index is 2.21. The highest BCUT2D eigenvalue weighted by Gasteiger charge is 2.21. The maximum absolute atomic E-state index is 12.9. The molecule has 102 valence electrons. The topological polar surface area (TPSA) is 43.8 Å². The van der Waals surface area contributed by atoms with Gasteiger partial charge in [0.1, 0.15) is 5.82 Å². The van der Waals surface area contributed by atoms with Crippen LogP contribution in [-0.4, -0.2) is 15.8 Å². The molecule has 2 atom stereocenters. The van der Waals surface area contributed by atoms with E-state index in [4.69, 9.17) is 5.73 Å². The zero-order valence-corrected chi connectivity index (χ0v) is 11.9. The number of hydrogen-bond acceptors (Lipinski definition) is 3. The summed E-state index contributed by atoms with van der Waals surface area (Å²) in [5.41, 5.74) is 7.31. The standard InChI is InChI=1S/C14H18FN3S/c1-3-13(16)14(10-8-17-18(2)9-10)19-12-6-4-11(15)5-7-12/h4-9,13-14H,3,16H2,1-2H3. The lowest BCUT2D eigenvalue weighted by molar-refractivity contribution is 0.625. The molecule has 0 aliphatic carbocycles. The van der Waals surface area contributed by atoms with Crippen LogP contribution >= 0.6 is 11.8 Å². The first-order chi connectivity index (χ1) is 9.10. The van der Waals surface area contributed by atoms with Gasteiger partial charge in [-0.15, -0.1) is 11.8 Å². The first-order valence-electron chi connectivity index (χ1n) is 6.26. The van der Waals surface area contributed by atoms with Gasteiger partial charge in [0, 0.05) is 29.7 Å². The van der Waals surface area contributed by atoms with Crippen LogP contribution < -0.4 is 5.73 Å². The van der Waals surface area contributed by atoms with E-state index in [9.17, 15) is 4.39 Å². The molecule has 0 saturated heterocycles. The first kappa shape index (κ1) is 14.1. The Labute approximate surface area is 117 Å². The first-order valence-corrected chi connectivity index (χ1v) is 7.14. The second-order valence-electron chi connectivity index (χ2n) is 4.51. The van der Waals surface area contributed by atoms with Crippen LogP contribution in [0.5, 0.6) is 0 Å². The number of aromatic nitrogens is 2. The molecule has 1 heterocycles. The summed E-state index contributed by atoms with van der Waals surface area (Å²) in [5, 5.41) is 4.33. The number of aryl methyl sites for hydroxylation is 1. The molecule has 0 fully saturated rings. The number of hydrogen-bond donors (Lipinski definition) is 1. The average Bonchev–Trinajstić information content (AvgIpc) is 2.83. The highest BCUT2D eigenvalue weighted by molar-refractivity contribution is 7.99. The SMILES string of the molecule is CCC(N)C(Sc1ccc(F)cc1)c1cnn(C)c1. The highest BCUT2D eigenvalue weighted by Crippen LogP contribution is 2.37. The third kappa shape index (κ3) is 3.58. The Morgan fingerprint density at radius 1 is 1.37 bits per heavy atom. The van der Waals surface area contributed by atoms with Crippen LogP contribution in [0.2, 0.25) is 0 Å². The van der Waals surface area contributed by atoms with E-state index in [1.54, 1.807) is 28.6 Å². The molecule has 0 bridgehead atoms. The van der Waals surface area contributed by atoms with Crippen LogP contribution in [-0.2, 0) is 7.05 Å². The van der Waals surface area contributed by atoms with Crippen molar-refractivity contribution >= 4 is 11.8 Å². The molecule has 1 aromatic carbocycles. The minimum atomic E-state index is -0.220. The minimum absolute atomic E-state index is 0.0410. The van der Waals surface area contributed by atoms with E-state index < -0.39 is 0 Å². The zero-order valence-electron chi connectivity index (χ0n) is 11.1. The number of nitrogens with zero attached hydrogens (tertiary/aromatic N) is 2. The normalized spacial score (nSPS) is 14.3. The number of halogens is 1. The Morgan fingerprint density at radius 3 is 2.58 bits per heavy atom. The van der Waals surface area contributed by atoms with Gasteiger partial charge in [-0.05, 0) is 30.7 Å². The molecule has 2 aromatic rings. The lowest BCUT2D eigenvalue weighted by Gasteiger charge is -2.21. The van der Waals surface area contributed by atoms with Gasteiger partial charge in [0.05, 0.1) is 11.4 Å². The van der Waals surface area contributed by atoms with Crippen molar-refractivity contribution in [2.75, 3.05) is 0 Å². The van der Waals surface area contributed by atoms with Gasteiger partial charge in [0.15, 0.2) is 0 Å². The third-order valence-corrected chi connectivity index (χ3v) is 4.41. The van der Waals surface area contributed by atoms with Gasteiger partial charge in [-0.2, -0.15) is 5.10 Å². The summed E-state index contributed by atoms with van der Waals surface area (Å²) in [5.74, 6) is -0.220. The largest absolute Gasteiger partial charge is 0.326 e. The fourth-order valence-corrected chi connectivity index (χ4v) is 3.08. The van der Waals surface area contributed by atoms with Gasteiger partial charge in [0.2, 0.25) is 0 Å². The molecule has 0 amide bonds. The number of nitrogens with two attached hydrogens (primary N) is 1. The van der Waals surface area contributed by atoms with E-state index in [-0.39, 0.29) is 17.1 Å². The van der Waals surface area contributed by atoms with E-state index >= 15 is 0 Å². The molecule has 2 rings (SSSR count). The molecule has 0 aliphatic heterocycles. The molecule has 0 radical (unpaired) electrons. The van der Waals surface area contributed by atoms with Crippen LogP contribution in [0.15, 0.2) is 41.6 Å². The summed E-state index contributed by atoms with van der Waals surface area (Å²) in [4.78, 5) is 1.01. The minimum Gasteiger partial charge on any atom is -0.326 e. The van der Waals surface area contributed by atoms with E-state index in [1.165, 1.54) is 12.1 Å². The fourth-order valence-electron chi connectivity index (χ4n) is 1.86. The third-order valence-electron chi connectivity index (χ3n) is 2.99. The molecule has 3 nitrogen and oxygen atoms in total. The van der Waals surface area contributed by atoms with Crippen molar-refractivity contribution in [2.24, 2.45) is 12.8 Å². The van der Waals surface area contributed by atoms with E-state index in [0.717, 1.165) is 16.9 Å². The van der Waals surface area contributed by atoms with E-state index in [2.05, 4.69) is 12.0 Å². The van der Waals surface area contributed by atoms with Crippen LogP contribution in [0.25, 0.3) is 0 Å². The Kier molecular flexibility index (Phi) is 4.61. The lowest BCUT2D eigenvalue weighted by Crippen LogP contribution is -2.25. The van der Waals surface area contributed by atoms with Crippen molar-refractivity contribution < 1.29 is 4.39 Å². The van der Waals surface area contributed by atoms with E-state index in [0.29, 0.717) is 0 Å². The molecule has 2 unspecified atom stereocenters. The summed E-state index contributed by atoms with van der Waals surface area (Å²) in [7, 11) is 1.89. The van der Waals surface area contributed by atoms with E-state index in [1.807, 2.05) is 19.4 Å². The van der Waals surface area contributed by atoms with Crippen molar-refractivity contribution in [3.63, 3.8) is 0 Å². The molecular weight excluding hydrogens is 261 g/mol. The summed E-state index contributed by atoms with van der Waals surface area (Å²) >= 11 is 1.65. The molecule has 0 spiro atoms. The van der Waals surface area contributed by atoms with Crippen molar-refractivity contribution in [1.82, 2.24) is 9.78 Å². The van der Waals surface area contributed by atoms with Gasteiger partial charge >= 0.3 is 0 Å². The number of benzene rings is 1. The molecule has 5 heteroatoms. The maximum atomic E-state index is 12.9. The quantitative estimate of drug-likeness (QED) is 0.855. The fraction of sp³-hybridized carbons (Fsp3) is 0.357. The zero-order chi connectivity index (χ0) is 13.8. The predicted molar refractivity (Wildman–Crippen MR) is 76.5 cm³/mol. The van der Waals surface area contributed by atoms with Crippen molar-refractivity contribution in [3.05, 3.63) is 48.0 Å². The molecular formula is C14H18FN3S. The van der Waals surface area contributed by atoms with Gasteiger partial charge in [0.25, 0.3) is 0 Å². The summed E-state index contributed by atoms with van der Waals surface area (Å²) in [6, 6.07) is 6.55. The summed E-state index contributed by atoms with van der Waals surface area (Å²) < 4.78 is 14.7. The predicted octanol–water partition coefficient (Wildman–Crippen LogP) is 3.13. The Hall–Kier alpha value is -1.33. The van der Waals surface area contributed by atoms with Gasteiger partial charge in [-0.25, -0.2) is 4.39 Å². The molecule has 2 N–H and O–H groups in total. The van der Waals surface area contributed by atoms with Gasteiger partial charge in [-0.3, -0.25) is 4.68 Å². The maximum Gasteiger partial charge on any atom is 0.123 e. The van der Waals surface area contributed by atoms with Crippen LogP contribution in [0, 0.1) is 5.82 Å². The van der Waals surface area contributed by atoms with Gasteiger partial charge in [-0.1, -0.05) is 6.92 Å². The number of rotatable bonds is 5. The van der Waals surface area contributed by atoms with Crippen molar-refractivity contribution in [1.29, 1.82) is 0 Å². The molecule has 19 heavy (non-hydrogen) atoms. The number of thioether (sulfide) groups is 1. The second kappa shape index (κ2) is 6.21. The van der Waals surface area contributed by atoms with Crippen LogP contribution in [0.3, 0.4) is 0 Å². The smallest absolute Gasteiger partial charge is 0.123 e. The lowest BCUT2D eigenvalue weighted by atomic mass is 10.1. The summed E-state index contributed by atoms with van der Waals surface area (Å²) in [6.07, 6.45) is 4.71. The highest BCUT2D eigenvalue weighted by atomic mass is 32.2. The van der Waals surface area contributed by atoms with Crippen LogP contribution in [0.1, 0.15) is 24.2 Å². The molecule has 1 aromatic heterocycles. The Bertz CT molecular complexity index is 524. The van der Waals surface area contributed by atoms with Crippen molar-refractivity contribution in [2.45, 2.75) is 29.5 Å². The Morgan fingerprint density at radius 2 is 2.05 bits per heavy atom. The average molecular weight is 279 g/mol. The monoisotopic (exact) mass is 279 g/mol. The van der Waals surface area contributed by atoms with Crippen LogP contribution in [0.4, 0.5) is 4.39 Å². The van der Waals surface area contributed by atoms with Crippen molar-refractivity contribution in [3.8, 4) is 0 Å². The molecule has 0 aliphatic rings. The van der Waals surface area contributed by atoms with Gasteiger partial charge < -0.3 is 5.73 Å². The molecule has 0 saturated carbocycles. The summed E-state index contributed by atoms with van der Waals surface area (Å²) in [6.45, 7) is 2.07. The second-order valence-corrected chi connectivity index (χ2v) is 5.73.